The number of rotatable bonds is 5. The molecule has 4 aromatic rings. The largest absolute Gasteiger partial charge is 0.474 e. The lowest BCUT2D eigenvalue weighted by Crippen LogP contribution is -2.26. The third kappa shape index (κ3) is 3.73. The number of nitrogens with zero attached hydrogens (tertiary/aromatic N) is 6. The molecule has 0 aromatic carbocycles. The number of pyridine rings is 2. The van der Waals surface area contributed by atoms with Crippen LogP contribution in [0.3, 0.4) is 0 Å². The third-order valence-corrected chi connectivity index (χ3v) is 6.06. The predicted octanol–water partition coefficient (Wildman–Crippen LogP) is 4.14. The fourth-order valence-corrected chi connectivity index (χ4v) is 4.36. The summed E-state index contributed by atoms with van der Waals surface area (Å²) in [6.45, 7) is 2.04. The van der Waals surface area contributed by atoms with Crippen LogP contribution in [0.1, 0.15) is 37.3 Å². The average molecular weight is 418 g/mol. The SMILES string of the molecule is CNc1cc2c(cn1)c(-c1cnn(C)c1)nn2[C@H]1CC[C@@H](Oc2ncccc2C)CC1. The van der Waals surface area contributed by atoms with Crippen LogP contribution >= 0.6 is 0 Å². The van der Waals surface area contributed by atoms with Gasteiger partial charge in [-0.2, -0.15) is 10.2 Å². The molecule has 160 valence electrons. The lowest BCUT2D eigenvalue weighted by Gasteiger charge is -2.29. The minimum Gasteiger partial charge on any atom is -0.474 e. The first-order valence-corrected chi connectivity index (χ1v) is 10.8. The van der Waals surface area contributed by atoms with Gasteiger partial charge in [0.1, 0.15) is 17.6 Å². The highest BCUT2D eigenvalue weighted by molar-refractivity contribution is 5.93. The molecule has 31 heavy (non-hydrogen) atoms. The fourth-order valence-electron chi connectivity index (χ4n) is 4.36. The molecule has 1 N–H and O–H groups in total. The summed E-state index contributed by atoms with van der Waals surface area (Å²) < 4.78 is 10.2. The van der Waals surface area contributed by atoms with Gasteiger partial charge < -0.3 is 10.1 Å². The fraction of sp³-hybridized carbons (Fsp3) is 0.391. The van der Waals surface area contributed by atoms with Crippen molar-refractivity contribution in [3.8, 4) is 17.1 Å². The highest BCUT2D eigenvalue weighted by atomic mass is 16.5. The van der Waals surface area contributed by atoms with Crippen molar-refractivity contribution in [3.05, 3.63) is 48.5 Å². The molecule has 8 heteroatoms. The molecule has 0 saturated heterocycles. The maximum Gasteiger partial charge on any atom is 0.216 e. The second-order valence-electron chi connectivity index (χ2n) is 8.21. The van der Waals surface area contributed by atoms with E-state index in [1.54, 1.807) is 10.9 Å². The minimum absolute atomic E-state index is 0.194. The summed E-state index contributed by atoms with van der Waals surface area (Å²) >= 11 is 0. The topological polar surface area (TPSA) is 82.7 Å². The molecule has 1 aliphatic carbocycles. The van der Waals surface area contributed by atoms with Gasteiger partial charge >= 0.3 is 0 Å². The van der Waals surface area contributed by atoms with Crippen molar-refractivity contribution in [1.29, 1.82) is 0 Å². The molecule has 0 atom stereocenters. The number of aryl methyl sites for hydroxylation is 2. The number of ether oxygens (including phenoxy) is 1. The number of hydrogen-bond acceptors (Lipinski definition) is 6. The zero-order valence-corrected chi connectivity index (χ0v) is 18.1. The van der Waals surface area contributed by atoms with Crippen LogP contribution < -0.4 is 10.1 Å². The lowest BCUT2D eigenvalue weighted by atomic mass is 9.93. The summed E-state index contributed by atoms with van der Waals surface area (Å²) in [5.74, 6) is 1.59. The molecule has 4 heterocycles. The normalized spacial score (nSPS) is 18.9. The van der Waals surface area contributed by atoms with Gasteiger partial charge in [0.15, 0.2) is 0 Å². The Bertz CT molecular complexity index is 1200. The van der Waals surface area contributed by atoms with Crippen LogP contribution in [0.2, 0.25) is 0 Å². The predicted molar refractivity (Wildman–Crippen MR) is 120 cm³/mol. The molecule has 0 unspecified atom stereocenters. The first-order chi connectivity index (χ1) is 15.1. The maximum absolute atomic E-state index is 6.20. The smallest absolute Gasteiger partial charge is 0.216 e. The Kier molecular flexibility index (Phi) is 5.05. The molecule has 0 spiro atoms. The summed E-state index contributed by atoms with van der Waals surface area (Å²) in [6.07, 6.45) is 11.7. The van der Waals surface area contributed by atoms with Gasteiger partial charge in [-0.25, -0.2) is 9.97 Å². The first-order valence-electron chi connectivity index (χ1n) is 10.8. The quantitative estimate of drug-likeness (QED) is 0.525. The van der Waals surface area contributed by atoms with E-state index in [1.165, 1.54) is 0 Å². The minimum atomic E-state index is 0.194. The zero-order chi connectivity index (χ0) is 21.4. The van der Waals surface area contributed by atoms with Crippen molar-refractivity contribution < 1.29 is 4.74 Å². The number of hydrogen-bond donors (Lipinski definition) is 1. The van der Waals surface area contributed by atoms with Gasteiger partial charge in [-0.15, -0.1) is 0 Å². The van der Waals surface area contributed by atoms with Gasteiger partial charge in [0, 0.05) is 55.3 Å². The van der Waals surface area contributed by atoms with Crippen LogP contribution in [-0.4, -0.2) is 42.7 Å². The number of aromatic nitrogens is 6. The van der Waals surface area contributed by atoms with E-state index in [9.17, 15) is 0 Å². The molecule has 1 aliphatic rings. The number of anilines is 1. The van der Waals surface area contributed by atoms with Crippen molar-refractivity contribution >= 4 is 16.7 Å². The molecule has 1 fully saturated rings. The maximum atomic E-state index is 6.20. The number of nitrogens with one attached hydrogen (secondary N) is 1. The van der Waals surface area contributed by atoms with Gasteiger partial charge in [-0.1, -0.05) is 6.07 Å². The summed E-state index contributed by atoms with van der Waals surface area (Å²) in [5.41, 5.74) is 4.12. The molecule has 0 aliphatic heterocycles. The standard InChI is InChI=1S/C23H27N7O/c1-15-5-4-10-25-23(15)31-18-8-6-17(7-9-18)30-20-11-21(24-2)26-13-19(20)22(28-30)16-12-27-29(3)14-16/h4-5,10-14,17-18H,6-9H2,1-3H3,(H,24,26)/t17-,18+. The van der Waals surface area contributed by atoms with Crippen LogP contribution in [0.5, 0.6) is 5.88 Å². The van der Waals surface area contributed by atoms with Crippen molar-refractivity contribution in [2.45, 2.75) is 44.8 Å². The highest BCUT2D eigenvalue weighted by Crippen LogP contribution is 2.36. The second-order valence-corrected chi connectivity index (χ2v) is 8.21. The van der Waals surface area contributed by atoms with Crippen LogP contribution in [-0.2, 0) is 7.05 Å². The summed E-state index contributed by atoms with van der Waals surface area (Å²) in [7, 11) is 3.81. The average Bonchev–Trinajstić information content (AvgIpc) is 3.39. The molecular weight excluding hydrogens is 390 g/mol. The van der Waals surface area contributed by atoms with Crippen molar-refractivity contribution in [2.24, 2.45) is 7.05 Å². The summed E-state index contributed by atoms with van der Waals surface area (Å²) in [5, 5.41) is 13.6. The van der Waals surface area contributed by atoms with E-state index in [1.807, 2.05) is 51.7 Å². The van der Waals surface area contributed by atoms with Gasteiger partial charge in [0.25, 0.3) is 0 Å². The molecule has 5 rings (SSSR count). The van der Waals surface area contributed by atoms with Gasteiger partial charge in [-0.3, -0.25) is 9.36 Å². The Morgan fingerprint density at radius 2 is 1.97 bits per heavy atom. The Balaban J connectivity index is 1.42. The van der Waals surface area contributed by atoms with Gasteiger partial charge in [-0.05, 0) is 38.7 Å². The van der Waals surface area contributed by atoms with E-state index in [4.69, 9.17) is 9.84 Å². The molecule has 8 nitrogen and oxygen atoms in total. The van der Waals surface area contributed by atoms with Crippen molar-refractivity contribution in [1.82, 2.24) is 29.5 Å². The molecule has 0 radical (unpaired) electrons. The molecule has 1 saturated carbocycles. The molecule has 0 bridgehead atoms. The van der Waals surface area contributed by atoms with E-state index in [0.717, 1.165) is 65.1 Å². The van der Waals surface area contributed by atoms with E-state index in [-0.39, 0.29) is 6.10 Å². The van der Waals surface area contributed by atoms with E-state index in [2.05, 4.69) is 31.1 Å². The Labute approximate surface area is 181 Å². The zero-order valence-electron chi connectivity index (χ0n) is 18.1. The highest BCUT2D eigenvalue weighted by Gasteiger charge is 2.27. The summed E-state index contributed by atoms with van der Waals surface area (Å²) in [6, 6.07) is 6.39. The lowest BCUT2D eigenvalue weighted by molar-refractivity contribution is 0.125. The van der Waals surface area contributed by atoms with Crippen LogP contribution in [0, 0.1) is 6.92 Å². The molecular formula is C23H27N7O. The molecule has 4 aromatic heterocycles. The number of fused-ring (bicyclic) bond motifs is 1. The monoisotopic (exact) mass is 417 g/mol. The van der Waals surface area contributed by atoms with Crippen LogP contribution in [0.4, 0.5) is 5.82 Å². The van der Waals surface area contributed by atoms with E-state index in [0.29, 0.717) is 6.04 Å². The van der Waals surface area contributed by atoms with Gasteiger partial charge in [0.2, 0.25) is 5.88 Å². The van der Waals surface area contributed by atoms with Crippen LogP contribution in [0.15, 0.2) is 43.0 Å². The summed E-state index contributed by atoms with van der Waals surface area (Å²) in [4.78, 5) is 8.91. The van der Waals surface area contributed by atoms with E-state index < -0.39 is 0 Å². The third-order valence-electron chi connectivity index (χ3n) is 6.06. The van der Waals surface area contributed by atoms with Crippen molar-refractivity contribution in [3.63, 3.8) is 0 Å². The first kappa shape index (κ1) is 19.5. The van der Waals surface area contributed by atoms with Crippen LogP contribution in [0.25, 0.3) is 22.2 Å². The van der Waals surface area contributed by atoms with Gasteiger partial charge in [0.05, 0.1) is 17.8 Å². The molecule has 0 amide bonds. The Hall–Kier alpha value is -3.42. The second kappa shape index (κ2) is 8.02. The van der Waals surface area contributed by atoms with Crippen molar-refractivity contribution in [2.75, 3.05) is 12.4 Å². The Morgan fingerprint density at radius 3 is 2.68 bits per heavy atom. The Morgan fingerprint density at radius 1 is 1.13 bits per heavy atom. The van der Waals surface area contributed by atoms with E-state index >= 15 is 0 Å².